The topological polar surface area (TPSA) is 46.2 Å². The molecule has 0 aliphatic heterocycles. The second-order valence-corrected chi connectivity index (χ2v) is 7.59. The van der Waals surface area contributed by atoms with E-state index in [0.717, 1.165) is 25.7 Å². The lowest BCUT2D eigenvalue weighted by atomic mass is 9.96. The molecule has 0 amide bonds. The summed E-state index contributed by atoms with van der Waals surface area (Å²) in [6, 6.07) is 5.39. The molecule has 1 fully saturated rings. The molecule has 0 bridgehead atoms. The largest absolute Gasteiger partial charge is 0.243 e. The molecule has 0 radical (unpaired) electrons. The molecule has 1 aliphatic rings. The van der Waals surface area contributed by atoms with Gasteiger partial charge in [0.05, 0.1) is 0 Å². The average molecular weight is 303 g/mol. The molecule has 1 saturated carbocycles. The van der Waals surface area contributed by atoms with E-state index in [-0.39, 0.29) is 10.9 Å². The van der Waals surface area contributed by atoms with Crippen molar-refractivity contribution in [2.45, 2.75) is 41.9 Å². The third-order valence-corrected chi connectivity index (χ3v) is 6.06. The van der Waals surface area contributed by atoms with Crippen LogP contribution < -0.4 is 4.72 Å². The maximum Gasteiger partial charge on any atom is 0.243 e. The van der Waals surface area contributed by atoms with Crippen molar-refractivity contribution in [3.8, 4) is 0 Å². The van der Waals surface area contributed by atoms with Crippen LogP contribution in [0.15, 0.2) is 29.2 Å². The summed E-state index contributed by atoms with van der Waals surface area (Å²) in [5.74, 6) is -0.702. The lowest BCUT2D eigenvalue weighted by molar-refractivity contribution is 0.419. The second-order valence-electron chi connectivity index (χ2n) is 4.77. The van der Waals surface area contributed by atoms with Gasteiger partial charge in [0, 0.05) is 11.3 Å². The van der Waals surface area contributed by atoms with Gasteiger partial charge in [0.15, 0.2) is 0 Å². The maximum absolute atomic E-state index is 13.6. The van der Waals surface area contributed by atoms with Crippen LogP contribution >= 0.6 is 11.8 Å². The Morgan fingerprint density at radius 3 is 2.74 bits per heavy atom. The van der Waals surface area contributed by atoms with Gasteiger partial charge >= 0.3 is 0 Å². The first-order chi connectivity index (χ1) is 9.03. The highest BCUT2D eigenvalue weighted by Crippen LogP contribution is 2.28. The monoisotopic (exact) mass is 303 g/mol. The second kappa shape index (κ2) is 6.24. The number of hydrogen-bond donors (Lipinski definition) is 1. The summed E-state index contributed by atoms with van der Waals surface area (Å²) < 4.78 is 40.5. The first-order valence-corrected chi connectivity index (χ1v) is 9.09. The summed E-state index contributed by atoms with van der Waals surface area (Å²) in [6.07, 6.45) is 5.81. The molecule has 19 heavy (non-hydrogen) atoms. The zero-order valence-electron chi connectivity index (χ0n) is 10.8. The van der Waals surface area contributed by atoms with Gasteiger partial charge in [0.1, 0.15) is 10.7 Å². The Labute approximate surface area is 118 Å². The fourth-order valence-corrected chi connectivity index (χ4v) is 4.60. The maximum atomic E-state index is 13.6. The van der Waals surface area contributed by atoms with E-state index >= 15 is 0 Å². The van der Waals surface area contributed by atoms with Gasteiger partial charge in [-0.3, -0.25) is 0 Å². The molecule has 2 unspecified atom stereocenters. The van der Waals surface area contributed by atoms with Gasteiger partial charge in [0.25, 0.3) is 0 Å². The molecule has 1 aliphatic carbocycles. The van der Waals surface area contributed by atoms with Crippen molar-refractivity contribution in [1.82, 2.24) is 4.72 Å². The highest BCUT2D eigenvalue weighted by molar-refractivity contribution is 7.99. The van der Waals surface area contributed by atoms with Crippen molar-refractivity contribution in [3.05, 3.63) is 30.1 Å². The van der Waals surface area contributed by atoms with Crippen LogP contribution in [0.5, 0.6) is 0 Å². The number of nitrogens with one attached hydrogen (secondary N) is 1. The van der Waals surface area contributed by atoms with Crippen molar-refractivity contribution in [3.63, 3.8) is 0 Å². The number of thioether (sulfide) groups is 1. The summed E-state index contributed by atoms with van der Waals surface area (Å²) in [7, 11) is -3.76. The first-order valence-electron chi connectivity index (χ1n) is 6.32. The van der Waals surface area contributed by atoms with Crippen LogP contribution in [0, 0.1) is 5.82 Å². The third kappa shape index (κ3) is 3.70. The molecule has 1 N–H and O–H groups in total. The zero-order valence-corrected chi connectivity index (χ0v) is 12.4. The Kier molecular flexibility index (Phi) is 4.86. The molecule has 0 aromatic heterocycles. The number of halogens is 1. The van der Waals surface area contributed by atoms with Crippen molar-refractivity contribution >= 4 is 21.8 Å². The fraction of sp³-hybridized carbons (Fsp3) is 0.538. The Morgan fingerprint density at radius 1 is 1.32 bits per heavy atom. The third-order valence-electron chi connectivity index (χ3n) is 3.41. The van der Waals surface area contributed by atoms with E-state index in [0.29, 0.717) is 5.25 Å². The molecule has 1 aromatic carbocycles. The Hall–Kier alpha value is -0.590. The normalized spacial score (nSPS) is 24.3. The highest BCUT2D eigenvalue weighted by Gasteiger charge is 2.27. The molecule has 1 aromatic rings. The van der Waals surface area contributed by atoms with E-state index in [1.165, 1.54) is 24.3 Å². The van der Waals surface area contributed by atoms with Crippen molar-refractivity contribution in [2.75, 3.05) is 6.26 Å². The van der Waals surface area contributed by atoms with Crippen molar-refractivity contribution in [1.29, 1.82) is 0 Å². The number of hydrogen-bond acceptors (Lipinski definition) is 3. The Bertz CT molecular complexity index is 533. The van der Waals surface area contributed by atoms with E-state index in [1.807, 2.05) is 6.26 Å². The lowest BCUT2D eigenvalue weighted by Gasteiger charge is -2.28. The van der Waals surface area contributed by atoms with E-state index in [4.69, 9.17) is 0 Å². The van der Waals surface area contributed by atoms with Crippen LogP contribution in [0.2, 0.25) is 0 Å². The fourth-order valence-electron chi connectivity index (χ4n) is 2.41. The van der Waals surface area contributed by atoms with Gasteiger partial charge < -0.3 is 0 Å². The van der Waals surface area contributed by atoms with Crippen LogP contribution in [-0.2, 0) is 10.0 Å². The quantitative estimate of drug-likeness (QED) is 0.930. The van der Waals surface area contributed by atoms with Gasteiger partial charge in [-0.1, -0.05) is 18.6 Å². The molecular weight excluding hydrogens is 285 g/mol. The molecule has 0 spiro atoms. The molecule has 0 heterocycles. The summed E-state index contributed by atoms with van der Waals surface area (Å²) in [6.45, 7) is 0. The number of rotatable bonds is 4. The standard InChI is InChI=1S/C13H18FNO2S2/c1-18-11-6-4-5-10(9-11)15-19(16,17)13-8-3-2-7-12(13)14/h2-3,7-8,10-11,15H,4-6,9H2,1H3. The van der Waals surface area contributed by atoms with Crippen molar-refractivity contribution < 1.29 is 12.8 Å². The van der Waals surface area contributed by atoms with Crippen LogP contribution in [0.4, 0.5) is 4.39 Å². The minimum Gasteiger partial charge on any atom is -0.208 e. The SMILES string of the molecule is CSC1CCCC(NS(=O)(=O)c2ccccc2F)C1. The molecule has 2 atom stereocenters. The number of sulfonamides is 1. The summed E-state index contributed by atoms with van der Waals surface area (Å²) in [5, 5.41) is 0.488. The van der Waals surface area contributed by atoms with Gasteiger partial charge in [-0.25, -0.2) is 17.5 Å². The summed E-state index contributed by atoms with van der Waals surface area (Å²) in [5.41, 5.74) is 0. The molecule has 6 heteroatoms. The van der Waals surface area contributed by atoms with E-state index < -0.39 is 15.8 Å². The van der Waals surface area contributed by atoms with Crippen LogP contribution in [0.25, 0.3) is 0 Å². The zero-order chi connectivity index (χ0) is 13.9. The average Bonchev–Trinajstić information content (AvgIpc) is 2.38. The molecule has 3 nitrogen and oxygen atoms in total. The number of benzene rings is 1. The molecule has 2 rings (SSSR count). The van der Waals surface area contributed by atoms with Crippen LogP contribution in [-0.4, -0.2) is 26.0 Å². The summed E-state index contributed by atoms with van der Waals surface area (Å²) >= 11 is 1.77. The Morgan fingerprint density at radius 2 is 2.05 bits per heavy atom. The van der Waals surface area contributed by atoms with Crippen LogP contribution in [0.1, 0.15) is 25.7 Å². The van der Waals surface area contributed by atoms with Crippen molar-refractivity contribution in [2.24, 2.45) is 0 Å². The minimum atomic E-state index is -3.76. The van der Waals surface area contributed by atoms with E-state index in [9.17, 15) is 12.8 Å². The minimum absolute atomic E-state index is 0.0872. The highest BCUT2D eigenvalue weighted by atomic mass is 32.2. The lowest BCUT2D eigenvalue weighted by Crippen LogP contribution is -2.39. The molecular formula is C13H18FNO2S2. The smallest absolute Gasteiger partial charge is 0.208 e. The van der Waals surface area contributed by atoms with E-state index in [1.54, 1.807) is 11.8 Å². The predicted molar refractivity (Wildman–Crippen MR) is 76.3 cm³/mol. The van der Waals surface area contributed by atoms with Gasteiger partial charge in [0.2, 0.25) is 10.0 Å². The van der Waals surface area contributed by atoms with E-state index in [2.05, 4.69) is 4.72 Å². The summed E-state index contributed by atoms with van der Waals surface area (Å²) in [4.78, 5) is -0.263. The molecule has 0 saturated heterocycles. The van der Waals surface area contributed by atoms with Gasteiger partial charge in [-0.15, -0.1) is 0 Å². The Balaban J connectivity index is 2.11. The molecule has 106 valence electrons. The van der Waals surface area contributed by atoms with Gasteiger partial charge in [-0.2, -0.15) is 11.8 Å². The predicted octanol–water partition coefficient (Wildman–Crippen LogP) is 2.78. The first kappa shape index (κ1) is 14.8. The van der Waals surface area contributed by atoms with Gasteiger partial charge in [-0.05, 0) is 37.7 Å². The van der Waals surface area contributed by atoms with Crippen LogP contribution in [0.3, 0.4) is 0 Å².